The second kappa shape index (κ2) is 8.82. The highest BCUT2D eigenvalue weighted by molar-refractivity contribution is 6.47. The quantitative estimate of drug-likeness (QED) is 0.405. The molecule has 0 aromatic carbocycles. The fourth-order valence-corrected chi connectivity index (χ4v) is 4.35. The van der Waals surface area contributed by atoms with Gasteiger partial charge in [0, 0.05) is 30.4 Å². The molecule has 8 nitrogen and oxygen atoms in total. The Morgan fingerprint density at radius 1 is 1.38 bits per heavy atom. The number of fused-ring (bicyclic) bond motifs is 1. The van der Waals surface area contributed by atoms with Crippen LogP contribution in [0.2, 0.25) is 0 Å². The number of nitrogens with zero attached hydrogens (tertiary/aromatic N) is 5. The summed E-state index contributed by atoms with van der Waals surface area (Å²) in [4.78, 5) is 9.11. The van der Waals surface area contributed by atoms with E-state index < -0.39 is 12.0 Å². The third kappa shape index (κ3) is 4.43. The van der Waals surface area contributed by atoms with Crippen LogP contribution in [-0.2, 0) is 0 Å². The predicted molar refractivity (Wildman–Crippen MR) is 117 cm³/mol. The highest BCUT2D eigenvalue weighted by atomic mass is 19.3. The molecule has 0 radical (unpaired) electrons. The van der Waals surface area contributed by atoms with Gasteiger partial charge < -0.3 is 15.9 Å². The summed E-state index contributed by atoms with van der Waals surface area (Å²) in [6.45, 7) is 5.47. The number of imidazole rings is 1. The minimum Gasteiger partial charge on any atom is -0.475 e. The molecule has 170 valence electrons. The van der Waals surface area contributed by atoms with Gasteiger partial charge in [-0.1, -0.05) is 0 Å². The molecule has 1 unspecified atom stereocenters. The topological polar surface area (TPSA) is 113 Å². The van der Waals surface area contributed by atoms with Gasteiger partial charge in [0.1, 0.15) is 29.2 Å². The average Bonchev–Trinajstić information content (AvgIpc) is 3.16. The average molecular weight is 444 g/mol. The molecule has 0 spiro atoms. The lowest BCUT2D eigenvalue weighted by Crippen LogP contribution is -2.43. The maximum atomic E-state index is 13.3. The number of hydrogen-bond acceptors (Lipinski definition) is 7. The number of hydrazone groups is 1. The molecule has 1 saturated carbocycles. The van der Waals surface area contributed by atoms with Gasteiger partial charge in [0.25, 0.3) is 0 Å². The normalized spacial score (nSPS) is 21.2. The lowest BCUT2D eigenvalue weighted by atomic mass is 9.78. The molecular formula is C22H27F2N7O. The van der Waals surface area contributed by atoms with E-state index in [0.717, 1.165) is 25.9 Å². The molecule has 0 amide bonds. The maximum Gasteiger partial charge on any atom is 0.249 e. The number of hydrogen-bond donors (Lipinski definition) is 2. The number of rotatable bonds is 6. The third-order valence-electron chi connectivity index (χ3n) is 6.21. The number of nitrogens with two attached hydrogens (primary N) is 1. The zero-order valence-electron chi connectivity index (χ0n) is 18.2. The molecule has 10 heteroatoms. The summed E-state index contributed by atoms with van der Waals surface area (Å²) in [5, 5.41) is 16.8. The largest absolute Gasteiger partial charge is 0.475 e. The molecule has 2 aliphatic rings. The molecule has 2 fully saturated rings. The van der Waals surface area contributed by atoms with Crippen LogP contribution in [0.5, 0.6) is 5.88 Å². The molecule has 1 aliphatic carbocycles. The van der Waals surface area contributed by atoms with Gasteiger partial charge in [0.15, 0.2) is 0 Å². The first-order chi connectivity index (χ1) is 15.3. The maximum absolute atomic E-state index is 13.3. The van der Waals surface area contributed by atoms with Crippen LogP contribution in [0.15, 0.2) is 28.4 Å². The number of piperidine rings is 1. The SMILES string of the molecule is CC(=NC1CCNCC1)/C(=N\N)c1cc(OC(C)C2CC(F)(F)C2)n2c(C#N)cnc2c1. The molecule has 32 heavy (non-hydrogen) atoms. The highest BCUT2D eigenvalue weighted by Gasteiger charge is 2.48. The zero-order chi connectivity index (χ0) is 22.9. The van der Waals surface area contributed by atoms with Crippen LogP contribution in [0.25, 0.3) is 5.65 Å². The molecular weight excluding hydrogens is 416 g/mol. The lowest BCUT2D eigenvalue weighted by molar-refractivity contribution is -0.134. The van der Waals surface area contributed by atoms with Crippen LogP contribution in [0.3, 0.4) is 0 Å². The molecule has 2 aromatic rings. The van der Waals surface area contributed by atoms with Crippen LogP contribution in [0.4, 0.5) is 8.78 Å². The van der Waals surface area contributed by atoms with Crippen LogP contribution in [0, 0.1) is 17.2 Å². The molecule has 0 bridgehead atoms. The summed E-state index contributed by atoms with van der Waals surface area (Å²) in [5.41, 5.74) is 2.62. The van der Waals surface area contributed by atoms with Crippen molar-refractivity contribution in [3.05, 3.63) is 29.6 Å². The van der Waals surface area contributed by atoms with Gasteiger partial charge in [0.05, 0.1) is 18.0 Å². The van der Waals surface area contributed by atoms with Gasteiger partial charge in [-0.2, -0.15) is 10.4 Å². The Morgan fingerprint density at radius 2 is 2.09 bits per heavy atom. The molecule has 1 atom stereocenters. The number of halogens is 2. The first-order valence-electron chi connectivity index (χ1n) is 10.8. The van der Waals surface area contributed by atoms with Crippen molar-refractivity contribution in [2.75, 3.05) is 13.1 Å². The second-order valence-corrected chi connectivity index (χ2v) is 8.55. The van der Waals surface area contributed by atoms with Crippen molar-refractivity contribution in [3.63, 3.8) is 0 Å². The van der Waals surface area contributed by atoms with E-state index in [1.807, 2.05) is 6.92 Å². The third-order valence-corrected chi connectivity index (χ3v) is 6.21. The van der Waals surface area contributed by atoms with E-state index in [9.17, 15) is 14.0 Å². The van der Waals surface area contributed by atoms with E-state index >= 15 is 0 Å². The minimum absolute atomic E-state index is 0.198. The Kier molecular flexibility index (Phi) is 6.11. The van der Waals surface area contributed by atoms with Gasteiger partial charge in [-0.05, 0) is 45.8 Å². The van der Waals surface area contributed by atoms with Crippen molar-refractivity contribution in [3.8, 4) is 11.9 Å². The number of nitrogens with one attached hydrogen (secondary N) is 1. The van der Waals surface area contributed by atoms with Crippen molar-refractivity contribution in [1.29, 1.82) is 5.26 Å². The van der Waals surface area contributed by atoms with E-state index in [1.165, 1.54) is 6.20 Å². The monoisotopic (exact) mass is 443 g/mol. The van der Waals surface area contributed by atoms with E-state index in [2.05, 4.69) is 21.5 Å². The highest BCUT2D eigenvalue weighted by Crippen LogP contribution is 2.44. The van der Waals surface area contributed by atoms with Crippen LogP contribution in [0.1, 0.15) is 50.8 Å². The second-order valence-electron chi connectivity index (χ2n) is 8.55. The van der Waals surface area contributed by atoms with Gasteiger partial charge >= 0.3 is 0 Å². The number of ether oxygens (including phenoxy) is 1. The van der Waals surface area contributed by atoms with Crippen molar-refractivity contribution < 1.29 is 13.5 Å². The van der Waals surface area contributed by atoms with E-state index in [1.54, 1.807) is 23.5 Å². The number of aliphatic imine (C=N–C) groups is 1. The summed E-state index contributed by atoms with van der Waals surface area (Å²) in [5.74, 6) is 3.18. The van der Waals surface area contributed by atoms with Crippen LogP contribution < -0.4 is 15.9 Å². The van der Waals surface area contributed by atoms with E-state index in [0.29, 0.717) is 34.2 Å². The van der Waals surface area contributed by atoms with Crippen molar-refractivity contribution in [2.24, 2.45) is 21.9 Å². The Labute approximate surface area is 185 Å². The molecule has 1 saturated heterocycles. The predicted octanol–water partition coefficient (Wildman–Crippen LogP) is 2.89. The minimum atomic E-state index is -2.63. The lowest BCUT2D eigenvalue weighted by Gasteiger charge is -2.38. The fraction of sp³-hybridized carbons (Fsp3) is 0.545. The number of alkyl halides is 2. The van der Waals surface area contributed by atoms with E-state index in [-0.39, 0.29) is 24.8 Å². The van der Waals surface area contributed by atoms with Gasteiger partial charge in [-0.25, -0.2) is 13.8 Å². The summed E-state index contributed by atoms with van der Waals surface area (Å²) in [6, 6.07) is 5.77. The number of aromatic nitrogens is 2. The van der Waals surface area contributed by atoms with Crippen molar-refractivity contribution in [2.45, 2.75) is 57.6 Å². The summed E-state index contributed by atoms with van der Waals surface area (Å²) < 4.78 is 34.4. The van der Waals surface area contributed by atoms with Crippen LogP contribution in [-0.4, -0.2) is 52.0 Å². The van der Waals surface area contributed by atoms with Gasteiger partial charge in [0.2, 0.25) is 11.8 Å². The summed E-state index contributed by atoms with van der Waals surface area (Å²) >= 11 is 0. The molecule has 1 aliphatic heterocycles. The van der Waals surface area contributed by atoms with E-state index in [4.69, 9.17) is 15.6 Å². The molecule has 4 rings (SSSR count). The number of nitriles is 1. The summed E-state index contributed by atoms with van der Waals surface area (Å²) in [7, 11) is 0. The smallest absolute Gasteiger partial charge is 0.249 e. The Bertz CT molecular complexity index is 1090. The van der Waals surface area contributed by atoms with Crippen molar-refractivity contribution >= 4 is 17.1 Å². The molecule has 2 aromatic heterocycles. The first-order valence-corrected chi connectivity index (χ1v) is 10.8. The molecule has 3 heterocycles. The van der Waals surface area contributed by atoms with Gasteiger partial charge in [-0.3, -0.25) is 9.39 Å². The fourth-order valence-electron chi connectivity index (χ4n) is 4.35. The summed E-state index contributed by atoms with van der Waals surface area (Å²) in [6.07, 6.45) is 2.47. The zero-order valence-corrected chi connectivity index (χ0v) is 18.2. The van der Waals surface area contributed by atoms with Crippen molar-refractivity contribution in [1.82, 2.24) is 14.7 Å². The Morgan fingerprint density at radius 3 is 2.72 bits per heavy atom. The molecule has 3 N–H and O–H groups in total. The first kappa shape index (κ1) is 22.1. The van der Waals surface area contributed by atoms with Gasteiger partial charge in [-0.15, -0.1) is 0 Å². The number of pyridine rings is 1. The Balaban J connectivity index is 1.67. The van der Waals surface area contributed by atoms with Crippen LogP contribution >= 0.6 is 0 Å². The standard InChI is InChI=1S/C22H27F2N7O/c1-13(29-17-3-5-27-6-4-17)21(30-26)15-7-19-28-12-18(11-25)31(19)20(8-15)32-14(2)16-9-22(23,24)10-16/h7-8,12,14,16-17,27H,3-6,9-10,26H2,1-2H3/b29-13?,30-21+. The Hall–Kier alpha value is -3.06.